The Balaban J connectivity index is 0. The molecule has 0 N–H and O–H groups in total. The van der Waals surface area contributed by atoms with Crippen LogP contribution in [0.15, 0.2) is 0 Å². The summed E-state index contributed by atoms with van der Waals surface area (Å²) in [5.74, 6) is -6.12. The van der Waals surface area contributed by atoms with Crippen LogP contribution in [0.3, 0.4) is 0 Å². The Bertz CT molecular complexity index is 321. The van der Waals surface area contributed by atoms with Crippen LogP contribution in [0.4, 0.5) is 0 Å². The van der Waals surface area contributed by atoms with Crippen LogP contribution in [-0.4, -0.2) is 72.9 Å². The molecule has 0 heterocycles. The van der Waals surface area contributed by atoms with Gasteiger partial charge in [0.25, 0.3) is 0 Å². The third kappa shape index (κ3) is 13.2. The average molecular weight is 389 g/mol. The summed E-state index contributed by atoms with van der Waals surface area (Å²) in [6.45, 7) is -3.25. The van der Waals surface area contributed by atoms with Gasteiger partial charge in [0.2, 0.25) is 0 Å². The van der Waals surface area contributed by atoms with Crippen molar-refractivity contribution in [2.45, 2.75) is 0 Å². The second kappa shape index (κ2) is 11.1. The summed E-state index contributed by atoms with van der Waals surface area (Å²) in [5.41, 5.74) is 0. The molecule has 0 spiro atoms. The molecular formula is C10H12N2O8Ru. The van der Waals surface area contributed by atoms with E-state index < -0.39 is 50.1 Å². The largest absolute Gasteiger partial charge is 4.00 e. The predicted molar refractivity (Wildman–Crippen MR) is 52.9 cm³/mol. The van der Waals surface area contributed by atoms with Gasteiger partial charge in [-0.3, -0.25) is 9.80 Å². The SMILES string of the molecule is O=C([O-])CN(CCN(CC(=O)[O-])CC(=O)[O-])CC(=O)[O-].[Ru+4]. The van der Waals surface area contributed by atoms with Crippen LogP contribution in [0.1, 0.15) is 0 Å². The monoisotopic (exact) mass is 390 g/mol. The van der Waals surface area contributed by atoms with Gasteiger partial charge in [-0.15, -0.1) is 0 Å². The van der Waals surface area contributed by atoms with Crippen LogP contribution < -0.4 is 20.4 Å². The van der Waals surface area contributed by atoms with Crippen LogP contribution in [-0.2, 0) is 38.7 Å². The van der Waals surface area contributed by atoms with E-state index in [4.69, 9.17) is 0 Å². The predicted octanol–water partition coefficient (Wildman–Crippen LogP) is -7.41. The van der Waals surface area contributed by atoms with Gasteiger partial charge in [0, 0.05) is 39.3 Å². The summed E-state index contributed by atoms with van der Waals surface area (Å²) in [7, 11) is 0. The molecule has 0 rings (SSSR count). The average Bonchev–Trinajstić information content (AvgIpc) is 2.22. The summed E-state index contributed by atoms with van der Waals surface area (Å²) < 4.78 is 0. The molecule has 0 unspecified atom stereocenters. The maximum Gasteiger partial charge on any atom is 4.00 e. The molecule has 21 heavy (non-hydrogen) atoms. The summed E-state index contributed by atoms with van der Waals surface area (Å²) >= 11 is 0. The molecule has 0 atom stereocenters. The first-order valence-corrected chi connectivity index (χ1v) is 5.44. The number of nitrogens with zero attached hydrogens (tertiary/aromatic N) is 2. The first-order chi connectivity index (χ1) is 9.20. The van der Waals surface area contributed by atoms with Crippen LogP contribution >= 0.6 is 0 Å². The Morgan fingerprint density at radius 3 is 0.905 bits per heavy atom. The maximum absolute atomic E-state index is 10.4. The normalized spacial score (nSPS) is 10.2. The summed E-state index contributed by atoms with van der Waals surface area (Å²) in [4.78, 5) is 43.4. The summed E-state index contributed by atoms with van der Waals surface area (Å²) in [6.07, 6.45) is 0. The van der Waals surface area contributed by atoms with E-state index in [1.807, 2.05) is 0 Å². The summed E-state index contributed by atoms with van der Waals surface area (Å²) in [6, 6.07) is 0. The van der Waals surface area contributed by atoms with Gasteiger partial charge in [-0.05, 0) is 0 Å². The van der Waals surface area contributed by atoms with Crippen molar-refractivity contribution in [1.82, 2.24) is 9.80 Å². The minimum atomic E-state index is -1.53. The molecule has 0 saturated carbocycles. The molecular weight excluding hydrogens is 377 g/mol. The van der Waals surface area contributed by atoms with Crippen LogP contribution in [0, 0.1) is 0 Å². The fourth-order valence-electron chi connectivity index (χ4n) is 1.44. The molecule has 118 valence electrons. The van der Waals surface area contributed by atoms with Gasteiger partial charge in [-0.1, -0.05) is 0 Å². The third-order valence-corrected chi connectivity index (χ3v) is 2.14. The van der Waals surface area contributed by atoms with E-state index >= 15 is 0 Å². The molecule has 0 fully saturated rings. The van der Waals surface area contributed by atoms with Gasteiger partial charge >= 0.3 is 19.5 Å². The zero-order valence-corrected chi connectivity index (χ0v) is 12.5. The second-order valence-corrected chi connectivity index (χ2v) is 3.91. The Hall–Kier alpha value is -1.58. The van der Waals surface area contributed by atoms with Crippen molar-refractivity contribution in [3.05, 3.63) is 0 Å². The molecule has 0 radical (unpaired) electrons. The van der Waals surface area contributed by atoms with Crippen molar-refractivity contribution >= 4 is 23.9 Å². The van der Waals surface area contributed by atoms with Crippen molar-refractivity contribution in [2.75, 3.05) is 39.3 Å². The maximum atomic E-state index is 10.4. The molecule has 0 aliphatic carbocycles. The number of carbonyl (C=O) groups is 4. The Labute approximate surface area is 132 Å². The minimum absolute atomic E-state index is 0. The first kappa shape index (κ1) is 21.7. The molecule has 0 aliphatic rings. The smallest absolute Gasteiger partial charge is 0.549 e. The number of hydrogen-bond acceptors (Lipinski definition) is 10. The fraction of sp³-hybridized carbons (Fsp3) is 0.600. The van der Waals surface area contributed by atoms with Crippen LogP contribution in [0.2, 0.25) is 0 Å². The van der Waals surface area contributed by atoms with Gasteiger partial charge in [0.1, 0.15) is 0 Å². The van der Waals surface area contributed by atoms with Gasteiger partial charge < -0.3 is 39.6 Å². The number of rotatable bonds is 11. The number of carboxylic acids is 4. The molecule has 0 amide bonds. The number of carboxylic acid groups (broad SMARTS) is 4. The molecule has 0 saturated heterocycles. The van der Waals surface area contributed by atoms with Crippen molar-refractivity contribution < 1.29 is 59.1 Å². The zero-order valence-electron chi connectivity index (χ0n) is 10.8. The second-order valence-electron chi connectivity index (χ2n) is 3.91. The van der Waals surface area contributed by atoms with Gasteiger partial charge in [0.15, 0.2) is 0 Å². The van der Waals surface area contributed by atoms with Crippen molar-refractivity contribution in [3.8, 4) is 0 Å². The van der Waals surface area contributed by atoms with Crippen molar-refractivity contribution in [3.63, 3.8) is 0 Å². The van der Waals surface area contributed by atoms with E-state index in [0.29, 0.717) is 0 Å². The van der Waals surface area contributed by atoms with E-state index in [2.05, 4.69) is 0 Å². The molecule has 0 aromatic rings. The number of hydrogen-bond donors (Lipinski definition) is 0. The topological polar surface area (TPSA) is 167 Å². The van der Waals surface area contributed by atoms with Crippen LogP contribution in [0.25, 0.3) is 0 Å². The quantitative estimate of drug-likeness (QED) is 0.310. The molecule has 11 heteroatoms. The molecule has 0 aliphatic heterocycles. The van der Waals surface area contributed by atoms with Gasteiger partial charge in [-0.2, -0.15) is 0 Å². The zero-order chi connectivity index (χ0) is 15.7. The number of carbonyl (C=O) groups excluding carboxylic acids is 4. The van der Waals surface area contributed by atoms with E-state index in [-0.39, 0.29) is 32.6 Å². The van der Waals surface area contributed by atoms with E-state index in [1.165, 1.54) is 0 Å². The number of aliphatic carboxylic acids is 4. The Morgan fingerprint density at radius 2 is 0.762 bits per heavy atom. The van der Waals surface area contributed by atoms with Crippen molar-refractivity contribution in [1.29, 1.82) is 0 Å². The minimum Gasteiger partial charge on any atom is -0.549 e. The molecule has 10 nitrogen and oxygen atoms in total. The molecule has 0 aromatic carbocycles. The fourth-order valence-corrected chi connectivity index (χ4v) is 1.44. The Morgan fingerprint density at radius 1 is 0.571 bits per heavy atom. The summed E-state index contributed by atoms with van der Waals surface area (Å²) in [5, 5.41) is 41.6. The molecule has 0 aromatic heterocycles. The van der Waals surface area contributed by atoms with Gasteiger partial charge in [-0.25, -0.2) is 0 Å². The first-order valence-electron chi connectivity index (χ1n) is 5.44. The van der Waals surface area contributed by atoms with Crippen LogP contribution in [0.5, 0.6) is 0 Å². The van der Waals surface area contributed by atoms with E-state index in [0.717, 1.165) is 9.80 Å². The third-order valence-electron chi connectivity index (χ3n) is 2.14. The van der Waals surface area contributed by atoms with E-state index in [1.54, 1.807) is 0 Å². The molecule has 0 bridgehead atoms. The standard InChI is InChI=1S/C10H16N2O8.Ru/c13-7(14)3-11(4-8(15)16)1-2-12(5-9(17)18)6-10(19)20;/h1-6H2,(H,13,14)(H,15,16)(H,17,18)(H,19,20);/q;+4/p-4. The van der Waals surface area contributed by atoms with E-state index in [9.17, 15) is 39.6 Å². The van der Waals surface area contributed by atoms with Gasteiger partial charge in [0.05, 0.1) is 23.9 Å². The Kier molecular flexibility index (Phi) is 11.5. The van der Waals surface area contributed by atoms with Crippen molar-refractivity contribution in [2.24, 2.45) is 0 Å².